The van der Waals surface area contributed by atoms with Crippen molar-refractivity contribution in [3.8, 4) is 11.5 Å². The SMILES string of the molecule is C[C@H]1CCCC[C@@H]1OCCNC(=O)c1ccc2c(c1)OCO2. The molecule has 1 heterocycles. The van der Waals surface area contributed by atoms with Crippen LogP contribution in [0.1, 0.15) is 43.0 Å². The van der Waals surface area contributed by atoms with Gasteiger partial charge in [0, 0.05) is 12.1 Å². The zero-order chi connectivity index (χ0) is 15.4. The maximum Gasteiger partial charge on any atom is 0.251 e. The topological polar surface area (TPSA) is 56.8 Å². The molecular formula is C17H23NO4. The minimum Gasteiger partial charge on any atom is -0.454 e. The molecule has 1 aromatic rings. The number of fused-ring (bicyclic) bond motifs is 1. The number of carbonyl (C=O) groups excluding carboxylic acids is 1. The van der Waals surface area contributed by atoms with Crippen LogP contribution in [0.3, 0.4) is 0 Å². The highest BCUT2D eigenvalue weighted by Gasteiger charge is 2.21. The molecule has 0 aromatic heterocycles. The zero-order valence-corrected chi connectivity index (χ0v) is 13.0. The fraction of sp³-hybridized carbons (Fsp3) is 0.588. The van der Waals surface area contributed by atoms with Gasteiger partial charge in [-0.05, 0) is 37.0 Å². The van der Waals surface area contributed by atoms with Gasteiger partial charge in [-0.2, -0.15) is 0 Å². The van der Waals surface area contributed by atoms with Crippen molar-refractivity contribution in [2.75, 3.05) is 19.9 Å². The first-order valence-corrected chi connectivity index (χ1v) is 8.03. The first kappa shape index (κ1) is 15.2. The van der Waals surface area contributed by atoms with E-state index in [0.29, 0.717) is 42.2 Å². The minimum atomic E-state index is -0.112. The van der Waals surface area contributed by atoms with Gasteiger partial charge in [0.15, 0.2) is 11.5 Å². The summed E-state index contributed by atoms with van der Waals surface area (Å²) in [6.45, 7) is 3.55. The van der Waals surface area contributed by atoms with E-state index in [1.807, 2.05) is 0 Å². The van der Waals surface area contributed by atoms with Gasteiger partial charge < -0.3 is 19.5 Å². The molecule has 1 aliphatic heterocycles. The number of carbonyl (C=O) groups is 1. The number of benzene rings is 1. The van der Waals surface area contributed by atoms with Crippen molar-refractivity contribution in [3.63, 3.8) is 0 Å². The third kappa shape index (κ3) is 3.53. The summed E-state index contributed by atoms with van der Waals surface area (Å²) in [5.74, 6) is 1.82. The van der Waals surface area contributed by atoms with Crippen molar-refractivity contribution in [1.29, 1.82) is 0 Å². The lowest BCUT2D eigenvalue weighted by molar-refractivity contribution is -0.00293. The summed E-state index contributed by atoms with van der Waals surface area (Å²) in [5, 5.41) is 2.88. The molecular weight excluding hydrogens is 282 g/mol. The maximum atomic E-state index is 12.1. The average Bonchev–Trinajstić information content (AvgIpc) is 3.00. The van der Waals surface area contributed by atoms with E-state index in [-0.39, 0.29) is 12.7 Å². The fourth-order valence-corrected chi connectivity index (χ4v) is 3.04. The number of hydrogen-bond donors (Lipinski definition) is 1. The number of amides is 1. The Morgan fingerprint density at radius 2 is 2.09 bits per heavy atom. The maximum absolute atomic E-state index is 12.1. The van der Waals surface area contributed by atoms with Gasteiger partial charge in [0.2, 0.25) is 6.79 Å². The Morgan fingerprint density at radius 1 is 1.27 bits per heavy atom. The highest BCUT2D eigenvalue weighted by atomic mass is 16.7. The summed E-state index contributed by atoms with van der Waals surface area (Å²) in [4.78, 5) is 12.1. The molecule has 120 valence electrons. The van der Waals surface area contributed by atoms with Crippen molar-refractivity contribution >= 4 is 5.91 Å². The highest BCUT2D eigenvalue weighted by molar-refractivity contribution is 5.94. The standard InChI is InChI=1S/C17H23NO4/c1-12-4-2-3-5-14(12)20-9-8-18-17(19)13-6-7-15-16(10-13)22-11-21-15/h6-7,10,12,14H,2-5,8-9,11H2,1H3,(H,18,19)/t12-,14-/m0/s1. The normalized spacial score (nSPS) is 23.3. The van der Waals surface area contributed by atoms with Crippen molar-refractivity contribution in [2.24, 2.45) is 5.92 Å². The van der Waals surface area contributed by atoms with Crippen LogP contribution in [-0.2, 0) is 4.74 Å². The molecule has 0 radical (unpaired) electrons. The Morgan fingerprint density at radius 3 is 2.95 bits per heavy atom. The fourth-order valence-electron chi connectivity index (χ4n) is 3.04. The van der Waals surface area contributed by atoms with Crippen molar-refractivity contribution in [3.05, 3.63) is 23.8 Å². The van der Waals surface area contributed by atoms with Gasteiger partial charge in [0.05, 0.1) is 12.7 Å². The number of rotatable bonds is 5. The molecule has 0 saturated heterocycles. The molecule has 5 heteroatoms. The number of nitrogens with one attached hydrogen (secondary N) is 1. The highest BCUT2D eigenvalue weighted by Crippen LogP contribution is 2.32. The molecule has 1 fully saturated rings. The first-order valence-electron chi connectivity index (χ1n) is 8.03. The second kappa shape index (κ2) is 7.01. The Hall–Kier alpha value is -1.75. The quantitative estimate of drug-likeness (QED) is 0.850. The van der Waals surface area contributed by atoms with Crippen molar-refractivity contribution < 1.29 is 19.0 Å². The Kier molecular flexibility index (Phi) is 4.83. The van der Waals surface area contributed by atoms with Crippen molar-refractivity contribution in [2.45, 2.75) is 38.7 Å². The molecule has 0 bridgehead atoms. The smallest absolute Gasteiger partial charge is 0.251 e. The summed E-state index contributed by atoms with van der Waals surface area (Å²) in [6, 6.07) is 5.21. The second-order valence-electron chi connectivity index (χ2n) is 5.99. The van der Waals surface area contributed by atoms with Crippen LogP contribution in [0.15, 0.2) is 18.2 Å². The molecule has 3 rings (SSSR count). The van der Waals surface area contributed by atoms with Crippen LogP contribution >= 0.6 is 0 Å². The first-order chi connectivity index (χ1) is 10.7. The predicted octanol–water partition coefficient (Wildman–Crippen LogP) is 2.74. The molecule has 1 amide bonds. The van der Waals surface area contributed by atoms with Gasteiger partial charge in [0.1, 0.15) is 0 Å². The van der Waals surface area contributed by atoms with Gasteiger partial charge in [-0.25, -0.2) is 0 Å². The summed E-state index contributed by atoms with van der Waals surface area (Å²) >= 11 is 0. The molecule has 5 nitrogen and oxygen atoms in total. The Bertz CT molecular complexity index is 531. The summed E-state index contributed by atoms with van der Waals surface area (Å²) in [6.07, 6.45) is 5.28. The summed E-state index contributed by atoms with van der Waals surface area (Å²) in [5.41, 5.74) is 0.579. The molecule has 2 atom stereocenters. The van der Waals surface area contributed by atoms with Crippen LogP contribution in [0.5, 0.6) is 11.5 Å². The van der Waals surface area contributed by atoms with Crippen LogP contribution in [0.2, 0.25) is 0 Å². The lowest BCUT2D eigenvalue weighted by Gasteiger charge is -2.28. The minimum absolute atomic E-state index is 0.112. The molecule has 1 N–H and O–H groups in total. The lowest BCUT2D eigenvalue weighted by atomic mass is 9.88. The van der Waals surface area contributed by atoms with Gasteiger partial charge in [-0.15, -0.1) is 0 Å². The van der Waals surface area contributed by atoms with Crippen LogP contribution in [0.25, 0.3) is 0 Å². The van der Waals surface area contributed by atoms with Crippen LogP contribution < -0.4 is 14.8 Å². The Balaban J connectivity index is 1.42. The van der Waals surface area contributed by atoms with E-state index in [2.05, 4.69) is 12.2 Å². The second-order valence-corrected chi connectivity index (χ2v) is 5.99. The molecule has 2 aliphatic rings. The number of ether oxygens (including phenoxy) is 3. The largest absolute Gasteiger partial charge is 0.454 e. The molecule has 0 unspecified atom stereocenters. The molecule has 22 heavy (non-hydrogen) atoms. The van der Waals surface area contributed by atoms with Gasteiger partial charge >= 0.3 is 0 Å². The van der Waals surface area contributed by atoms with Gasteiger partial charge in [-0.3, -0.25) is 4.79 Å². The molecule has 1 aliphatic carbocycles. The predicted molar refractivity (Wildman–Crippen MR) is 82.3 cm³/mol. The lowest BCUT2D eigenvalue weighted by Crippen LogP contribution is -2.31. The summed E-state index contributed by atoms with van der Waals surface area (Å²) < 4.78 is 16.4. The van der Waals surface area contributed by atoms with E-state index >= 15 is 0 Å². The van der Waals surface area contributed by atoms with Crippen molar-refractivity contribution in [1.82, 2.24) is 5.32 Å². The molecule has 1 aromatic carbocycles. The van der Waals surface area contributed by atoms with Crippen LogP contribution in [0.4, 0.5) is 0 Å². The monoisotopic (exact) mass is 305 g/mol. The Labute approximate surface area is 130 Å². The third-order valence-corrected chi connectivity index (χ3v) is 4.39. The van der Waals surface area contributed by atoms with E-state index in [9.17, 15) is 4.79 Å². The van der Waals surface area contributed by atoms with E-state index in [1.54, 1.807) is 18.2 Å². The van der Waals surface area contributed by atoms with Crippen LogP contribution in [0, 0.1) is 5.92 Å². The average molecular weight is 305 g/mol. The van der Waals surface area contributed by atoms with Gasteiger partial charge in [-0.1, -0.05) is 19.8 Å². The van der Waals surface area contributed by atoms with E-state index in [1.165, 1.54) is 19.3 Å². The van der Waals surface area contributed by atoms with Crippen LogP contribution in [-0.4, -0.2) is 32.0 Å². The number of hydrogen-bond acceptors (Lipinski definition) is 4. The zero-order valence-electron chi connectivity index (χ0n) is 13.0. The van der Waals surface area contributed by atoms with Gasteiger partial charge in [0.25, 0.3) is 5.91 Å². The third-order valence-electron chi connectivity index (χ3n) is 4.39. The molecule has 0 spiro atoms. The summed E-state index contributed by atoms with van der Waals surface area (Å²) in [7, 11) is 0. The molecule has 1 saturated carbocycles. The van der Waals surface area contributed by atoms with E-state index in [4.69, 9.17) is 14.2 Å². The van der Waals surface area contributed by atoms with E-state index < -0.39 is 0 Å². The van der Waals surface area contributed by atoms with E-state index in [0.717, 1.165) is 6.42 Å².